The first-order valence-corrected chi connectivity index (χ1v) is 7.25. The van der Waals surface area contributed by atoms with Crippen LogP contribution in [-0.2, 0) is 11.4 Å². The van der Waals surface area contributed by atoms with E-state index in [1.54, 1.807) is 24.1 Å². The molecule has 1 unspecified atom stereocenters. The lowest BCUT2D eigenvalue weighted by atomic mass is 10.1. The molecule has 2 aromatic rings. The van der Waals surface area contributed by atoms with E-state index in [0.717, 1.165) is 5.56 Å². The minimum Gasteiger partial charge on any atom is -0.483 e. The van der Waals surface area contributed by atoms with Crippen LogP contribution in [0.25, 0.3) is 0 Å². The topological polar surface area (TPSA) is 49.8 Å². The summed E-state index contributed by atoms with van der Waals surface area (Å²) in [4.78, 5) is 13.9. The van der Waals surface area contributed by atoms with Crippen molar-refractivity contribution in [2.24, 2.45) is 0 Å². The van der Waals surface area contributed by atoms with Crippen molar-refractivity contribution in [3.05, 3.63) is 65.7 Å². The lowest BCUT2D eigenvalue weighted by molar-refractivity contribution is -0.134. The molecule has 22 heavy (non-hydrogen) atoms. The molecule has 1 amide bonds. The second-order valence-corrected chi connectivity index (χ2v) is 5.15. The molecule has 0 heterocycles. The Morgan fingerprint density at radius 3 is 2.45 bits per heavy atom. The highest BCUT2D eigenvalue weighted by atomic mass is 16.5. The summed E-state index contributed by atoms with van der Waals surface area (Å²) in [5, 5.41) is 9.25. The number of likely N-dealkylation sites (N-methyl/N-ethyl adjacent to an activating group) is 1. The van der Waals surface area contributed by atoms with Crippen LogP contribution < -0.4 is 4.74 Å². The van der Waals surface area contributed by atoms with Crippen molar-refractivity contribution in [3.8, 4) is 5.75 Å². The fourth-order valence-electron chi connectivity index (χ4n) is 2.19. The van der Waals surface area contributed by atoms with Crippen LogP contribution >= 0.6 is 0 Å². The molecule has 2 aromatic carbocycles. The smallest absolute Gasteiger partial charge is 0.260 e. The summed E-state index contributed by atoms with van der Waals surface area (Å²) < 4.78 is 5.55. The van der Waals surface area contributed by atoms with Gasteiger partial charge < -0.3 is 14.7 Å². The van der Waals surface area contributed by atoms with E-state index in [9.17, 15) is 9.90 Å². The van der Waals surface area contributed by atoms with Gasteiger partial charge in [0.05, 0.1) is 12.6 Å². The number of rotatable bonds is 6. The minimum absolute atomic E-state index is 0.0228. The fourth-order valence-corrected chi connectivity index (χ4v) is 2.19. The number of nitrogens with zero attached hydrogens (tertiary/aromatic N) is 1. The largest absolute Gasteiger partial charge is 0.483 e. The van der Waals surface area contributed by atoms with E-state index in [2.05, 4.69) is 0 Å². The number of aliphatic hydroxyl groups excluding tert-OH is 1. The summed E-state index contributed by atoms with van der Waals surface area (Å²) in [6.07, 6.45) is 0. The molecule has 0 spiro atoms. The van der Waals surface area contributed by atoms with Gasteiger partial charge in [0.25, 0.3) is 5.91 Å². The quantitative estimate of drug-likeness (QED) is 0.892. The van der Waals surface area contributed by atoms with E-state index in [1.807, 2.05) is 49.4 Å². The van der Waals surface area contributed by atoms with Crippen molar-refractivity contribution in [2.75, 3.05) is 13.7 Å². The molecule has 0 fully saturated rings. The van der Waals surface area contributed by atoms with E-state index in [4.69, 9.17) is 4.74 Å². The number of carbonyl (C=O) groups is 1. The lowest BCUT2D eigenvalue weighted by Gasteiger charge is -2.25. The molecular weight excluding hydrogens is 278 g/mol. The molecule has 1 N–H and O–H groups in total. The van der Waals surface area contributed by atoms with Crippen molar-refractivity contribution < 1.29 is 14.6 Å². The molecule has 0 saturated carbocycles. The van der Waals surface area contributed by atoms with Crippen LogP contribution in [0.4, 0.5) is 0 Å². The third-order valence-corrected chi connectivity index (χ3v) is 3.75. The summed E-state index contributed by atoms with van der Waals surface area (Å²) in [7, 11) is 1.77. The molecule has 2 rings (SSSR count). The maximum absolute atomic E-state index is 12.3. The van der Waals surface area contributed by atoms with Gasteiger partial charge in [0.2, 0.25) is 0 Å². The van der Waals surface area contributed by atoms with Gasteiger partial charge in [-0.15, -0.1) is 0 Å². The molecule has 4 nitrogen and oxygen atoms in total. The second-order valence-electron chi connectivity index (χ2n) is 5.15. The number of carbonyl (C=O) groups excluding carboxylic acids is 1. The molecule has 0 radical (unpaired) electrons. The molecule has 0 aromatic heterocycles. The minimum atomic E-state index is -0.110. The Labute approximate surface area is 131 Å². The average Bonchev–Trinajstić information content (AvgIpc) is 2.59. The lowest BCUT2D eigenvalue weighted by Crippen LogP contribution is -2.33. The van der Waals surface area contributed by atoms with Crippen LogP contribution in [0.1, 0.15) is 24.1 Å². The van der Waals surface area contributed by atoms with Crippen molar-refractivity contribution in [1.29, 1.82) is 0 Å². The van der Waals surface area contributed by atoms with Crippen molar-refractivity contribution >= 4 is 5.91 Å². The van der Waals surface area contributed by atoms with Gasteiger partial charge >= 0.3 is 0 Å². The van der Waals surface area contributed by atoms with Crippen LogP contribution in [0, 0.1) is 0 Å². The predicted molar refractivity (Wildman–Crippen MR) is 85.5 cm³/mol. The molecule has 1 atom stereocenters. The zero-order valence-corrected chi connectivity index (χ0v) is 12.9. The monoisotopic (exact) mass is 299 g/mol. The third-order valence-electron chi connectivity index (χ3n) is 3.75. The van der Waals surface area contributed by atoms with E-state index < -0.39 is 0 Å². The Hall–Kier alpha value is -2.33. The van der Waals surface area contributed by atoms with Crippen LogP contribution in [0.3, 0.4) is 0 Å². The highest BCUT2D eigenvalue weighted by Crippen LogP contribution is 2.20. The normalized spacial score (nSPS) is 11.8. The van der Waals surface area contributed by atoms with Gasteiger partial charge in [0.15, 0.2) is 6.61 Å². The third kappa shape index (κ3) is 3.86. The predicted octanol–water partition coefficient (Wildman–Crippen LogP) is 2.78. The zero-order chi connectivity index (χ0) is 15.9. The highest BCUT2D eigenvalue weighted by molar-refractivity contribution is 5.78. The molecule has 4 heteroatoms. The first-order chi connectivity index (χ1) is 10.6. The highest BCUT2D eigenvalue weighted by Gasteiger charge is 2.18. The van der Waals surface area contributed by atoms with E-state index in [-0.39, 0.29) is 25.2 Å². The SMILES string of the molecule is CC(c1ccccc1)N(C)C(=O)COc1ccccc1CO. The average molecular weight is 299 g/mol. The van der Waals surface area contributed by atoms with E-state index in [0.29, 0.717) is 11.3 Å². The first-order valence-electron chi connectivity index (χ1n) is 7.25. The Balaban J connectivity index is 1.97. The number of hydrogen-bond acceptors (Lipinski definition) is 3. The Morgan fingerprint density at radius 2 is 1.77 bits per heavy atom. The van der Waals surface area contributed by atoms with Gasteiger partial charge in [-0.1, -0.05) is 48.5 Å². The molecule has 0 aliphatic heterocycles. The molecule has 0 aliphatic carbocycles. The van der Waals surface area contributed by atoms with Crippen LogP contribution in [0.5, 0.6) is 5.75 Å². The van der Waals surface area contributed by atoms with Gasteiger partial charge in [-0.2, -0.15) is 0 Å². The summed E-state index contributed by atoms with van der Waals surface area (Å²) >= 11 is 0. The first kappa shape index (κ1) is 16.0. The van der Waals surface area contributed by atoms with Crippen molar-refractivity contribution in [1.82, 2.24) is 4.90 Å². The number of ether oxygens (including phenoxy) is 1. The number of benzene rings is 2. The summed E-state index contributed by atoms with van der Waals surface area (Å²) in [5.41, 5.74) is 1.75. The summed E-state index contributed by atoms with van der Waals surface area (Å²) in [6, 6.07) is 17.0. The summed E-state index contributed by atoms with van der Waals surface area (Å²) in [6.45, 7) is 1.82. The standard InChI is InChI=1S/C18H21NO3/c1-14(15-8-4-3-5-9-15)19(2)18(21)13-22-17-11-7-6-10-16(17)12-20/h3-11,14,20H,12-13H2,1-2H3. The Morgan fingerprint density at radius 1 is 1.14 bits per heavy atom. The van der Waals surface area contributed by atoms with Crippen molar-refractivity contribution in [2.45, 2.75) is 19.6 Å². The molecule has 116 valence electrons. The fraction of sp³-hybridized carbons (Fsp3) is 0.278. The second kappa shape index (κ2) is 7.61. The number of amides is 1. The molecule has 0 bridgehead atoms. The summed E-state index contributed by atoms with van der Waals surface area (Å²) in [5.74, 6) is 0.434. The van der Waals surface area contributed by atoms with Crippen LogP contribution in [-0.4, -0.2) is 29.6 Å². The van der Waals surface area contributed by atoms with Gasteiger partial charge in [0.1, 0.15) is 5.75 Å². The van der Waals surface area contributed by atoms with E-state index in [1.165, 1.54) is 0 Å². The van der Waals surface area contributed by atoms with Gasteiger partial charge in [-0.05, 0) is 18.6 Å². The number of para-hydroxylation sites is 1. The maximum atomic E-state index is 12.3. The van der Waals surface area contributed by atoms with E-state index >= 15 is 0 Å². The van der Waals surface area contributed by atoms with Crippen molar-refractivity contribution in [3.63, 3.8) is 0 Å². The van der Waals surface area contributed by atoms with Gasteiger partial charge in [-0.25, -0.2) is 0 Å². The molecule has 0 aliphatic rings. The molecule has 0 saturated heterocycles. The molecular formula is C18H21NO3. The Kier molecular flexibility index (Phi) is 5.55. The number of aliphatic hydroxyl groups is 1. The van der Waals surface area contributed by atoms with Gasteiger partial charge in [0, 0.05) is 12.6 Å². The van der Waals surface area contributed by atoms with Crippen LogP contribution in [0.2, 0.25) is 0 Å². The van der Waals surface area contributed by atoms with Gasteiger partial charge in [-0.3, -0.25) is 4.79 Å². The Bertz CT molecular complexity index is 613. The number of hydrogen-bond donors (Lipinski definition) is 1. The zero-order valence-electron chi connectivity index (χ0n) is 12.9. The maximum Gasteiger partial charge on any atom is 0.260 e. The van der Waals surface area contributed by atoms with Crippen LogP contribution in [0.15, 0.2) is 54.6 Å².